The van der Waals surface area contributed by atoms with Crippen molar-refractivity contribution < 1.29 is 14.3 Å². The highest BCUT2D eigenvalue weighted by atomic mass is 79.9. The maximum Gasteiger partial charge on any atom is 0.158 e. The van der Waals surface area contributed by atoms with E-state index in [0.717, 1.165) is 0 Å². The summed E-state index contributed by atoms with van der Waals surface area (Å²) in [6.07, 6.45) is 4.17. The zero-order valence-electron chi connectivity index (χ0n) is 8.46. The maximum absolute atomic E-state index is 11.4. The fraction of sp³-hybridized carbons (Fsp3) is 0.500. The Balaban J connectivity index is 2.99. The molecule has 0 amide bonds. The van der Waals surface area contributed by atoms with Gasteiger partial charge in [0.1, 0.15) is 4.32 Å². The summed E-state index contributed by atoms with van der Waals surface area (Å²) < 4.78 is 9.59. The molecule has 0 aromatic heterocycles. The van der Waals surface area contributed by atoms with Gasteiger partial charge in [0.2, 0.25) is 0 Å². The number of halogens is 1. The second-order valence-electron chi connectivity index (χ2n) is 3.11. The van der Waals surface area contributed by atoms with Crippen molar-refractivity contribution in [2.24, 2.45) is 0 Å². The Kier molecular flexibility index (Phi) is 3.37. The van der Waals surface area contributed by atoms with Crippen LogP contribution in [0.25, 0.3) is 0 Å². The van der Waals surface area contributed by atoms with Crippen LogP contribution in [0.3, 0.4) is 0 Å². The first-order valence-electron chi connectivity index (χ1n) is 4.25. The number of carbonyl (C=O) groups excluding carboxylic acids is 1. The van der Waals surface area contributed by atoms with E-state index >= 15 is 0 Å². The first-order chi connectivity index (χ1) is 6.53. The number of ketones is 1. The van der Waals surface area contributed by atoms with Gasteiger partial charge >= 0.3 is 0 Å². The van der Waals surface area contributed by atoms with Crippen LogP contribution >= 0.6 is 15.9 Å². The first-order valence-corrected chi connectivity index (χ1v) is 5.04. The standard InChI is InChI=1S/C10H13BrO3/c1-7(12)10(11)5-4-8(13-2)9(6-10)14-3/h4,6H,5H2,1-3H3. The highest BCUT2D eigenvalue weighted by molar-refractivity contribution is 9.10. The molecule has 0 saturated heterocycles. The first kappa shape index (κ1) is 11.3. The number of ether oxygens (including phenoxy) is 2. The van der Waals surface area contributed by atoms with Crippen molar-refractivity contribution in [2.75, 3.05) is 14.2 Å². The highest BCUT2D eigenvalue weighted by Gasteiger charge is 2.33. The van der Waals surface area contributed by atoms with Gasteiger partial charge in [-0.3, -0.25) is 4.79 Å². The third kappa shape index (κ3) is 2.00. The lowest BCUT2D eigenvalue weighted by Crippen LogP contribution is -2.29. The fourth-order valence-corrected chi connectivity index (χ4v) is 1.64. The van der Waals surface area contributed by atoms with Crippen molar-refractivity contribution in [3.05, 3.63) is 23.7 Å². The Morgan fingerprint density at radius 1 is 1.43 bits per heavy atom. The van der Waals surface area contributed by atoms with Crippen LogP contribution < -0.4 is 0 Å². The molecule has 0 aromatic rings. The molecule has 78 valence electrons. The van der Waals surface area contributed by atoms with Gasteiger partial charge in [-0.15, -0.1) is 0 Å². The molecule has 1 aliphatic rings. The predicted molar refractivity (Wildman–Crippen MR) is 57.1 cm³/mol. The Morgan fingerprint density at radius 2 is 2.00 bits per heavy atom. The van der Waals surface area contributed by atoms with E-state index in [1.807, 2.05) is 6.08 Å². The number of allylic oxidation sites excluding steroid dienone is 2. The van der Waals surface area contributed by atoms with Gasteiger partial charge in [0.05, 0.1) is 14.2 Å². The summed E-state index contributed by atoms with van der Waals surface area (Å²) in [6.45, 7) is 1.55. The minimum Gasteiger partial charge on any atom is -0.493 e. The van der Waals surface area contributed by atoms with Crippen LogP contribution in [-0.2, 0) is 14.3 Å². The van der Waals surface area contributed by atoms with E-state index in [0.29, 0.717) is 17.9 Å². The van der Waals surface area contributed by atoms with E-state index in [1.165, 1.54) is 0 Å². The summed E-state index contributed by atoms with van der Waals surface area (Å²) in [6, 6.07) is 0. The molecular weight excluding hydrogens is 248 g/mol. The molecule has 1 rings (SSSR count). The number of methoxy groups -OCH3 is 2. The summed E-state index contributed by atoms with van der Waals surface area (Å²) >= 11 is 3.39. The van der Waals surface area contributed by atoms with Gasteiger partial charge in [-0.1, -0.05) is 15.9 Å². The molecule has 1 atom stereocenters. The summed E-state index contributed by atoms with van der Waals surface area (Å²) in [7, 11) is 3.13. The van der Waals surface area contributed by atoms with Crippen molar-refractivity contribution >= 4 is 21.7 Å². The number of hydrogen-bond donors (Lipinski definition) is 0. The van der Waals surface area contributed by atoms with Gasteiger partial charge in [0, 0.05) is 0 Å². The van der Waals surface area contributed by atoms with Gasteiger partial charge < -0.3 is 9.47 Å². The molecule has 1 unspecified atom stereocenters. The van der Waals surface area contributed by atoms with Gasteiger partial charge in [-0.2, -0.15) is 0 Å². The smallest absolute Gasteiger partial charge is 0.158 e. The van der Waals surface area contributed by atoms with Crippen LogP contribution in [0.2, 0.25) is 0 Å². The molecule has 0 fully saturated rings. The van der Waals surface area contributed by atoms with Crippen LogP contribution in [-0.4, -0.2) is 24.3 Å². The summed E-state index contributed by atoms with van der Waals surface area (Å²) in [5.41, 5.74) is 0. The number of rotatable bonds is 3. The second kappa shape index (κ2) is 4.17. The molecule has 0 heterocycles. The number of hydrogen-bond acceptors (Lipinski definition) is 3. The molecule has 0 saturated carbocycles. The molecular formula is C10H13BrO3. The molecule has 1 aliphatic carbocycles. The predicted octanol–water partition coefficient (Wildman–Crippen LogP) is 2.17. The van der Waals surface area contributed by atoms with Gasteiger partial charge in [-0.25, -0.2) is 0 Å². The Hall–Kier alpha value is -0.770. The van der Waals surface area contributed by atoms with Gasteiger partial charge in [0.25, 0.3) is 0 Å². The zero-order valence-corrected chi connectivity index (χ0v) is 10.1. The number of Topliss-reactive ketones (excluding diaryl/α,β-unsaturated/α-hetero) is 1. The third-order valence-electron chi connectivity index (χ3n) is 2.21. The molecule has 0 spiro atoms. The van der Waals surface area contributed by atoms with Crippen LogP contribution in [0.15, 0.2) is 23.7 Å². The van der Waals surface area contributed by atoms with E-state index in [9.17, 15) is 4.79 Å². The van der Waals surface area contributed by atoms with Crippen LogP contribution in [0.5, 0.6) is 0 Å². The Morgan fingerprint density at radius 3 is 2.43 bits per heavy atom. The van der Waals surface area contributed by atoms with Crippen molar-refractivity contribution in [1.82, 2.24) is 0 Å². The van der Waals surface area contributed by atoms with Crippen molar-refractivity contribution in [3.8, 4) is 0 Å². The lowest BCUT2D eigenvalue weighted by atomic mass is 9.95. The minimum atomic E-state index is -0.639. The van der Waals surface area contributed by atoms with Crippen molar-refractivity contribution in [1.29, 1.82) is 0 Å². The van der Waals surface area contributed by atoms with E-state index in [-0.39, 0.29) is 5.78 Å². The molecule has 4 heteroatoms. The van der Waals surface area contributed by atoms with Crippen LogP contribution in [0, 0.1) is 0 Å². The largest absolute Gasteiger partial charge is 0.493 e. The summed E-state index contributed by atoms with van der Waals surface area (Å²) in [5.74, 6) is 1.31. The molecule has 0 N–H and O–H groups in total. The SMILES string of the molecule is COC1=CCC(Br)(C(C)=O)C=C1OC. The van der Waals surface area contributed by atoms with E-state index in [1.54, 1.807) is 27.2 Å². The molecule has 0 aliphatic heterocycles. The second-order valence-corrected chi connectivity index (χ2v) is 4.52. The Labute approximate surface area is 91.9 Å². The molecule has 3 nitrogen and oxygen atoms in total. The molecule has 14 heavy (non-hydrogen) atoms. The van der Waals surface area contributed by atoms with E-state index < -0.39 is 4.32 Å². The highest BCUT2D eigenvalue weighted by Crippen LogP contribution is 2.34. The third-order valence-corrected chi connectivity index (χ3v) is 3.32. The zero-order chi connectivity index (χ0) is 10.8. The summed E-state index contributed by atoms with van der Waals surface area (Å²) in [5, 5.41) is 0. The van der Waals surface area contributed by atoms with Crippen molar-refractivity contribution in [3.63, 3.8) is 0 Å². The maximum atomic E-state index is 11.4. The fourth-order valence-electron chi connectivity index (χ4n) is 1.27. The quantitative estimate of drug-likeness (QED) is 0.730. The van der Waals surface area contributed by atoms with E-state index in [2.05, 4.69) is 15.9 Å². The average Bonchev–Trinajstić information content (AvgIpc) is 2.17. The average molecular weight is 261 g/mol. The van der Waals surface area contributed by atoms with E-state index in [4.69, 9.17) is 9.47 Å². The molecule has 0 aromatic carbocycles. The number of alkyl halides is 1. The van der Waals surface area contributed by atoms with Gasteiger partial charge in [-0.05, 0) is 25.5 Å². The minimum absolute atomic E-state index is 0.0541. The number of carbonyl (C=O) groups is 1. The van der Waals surface area contributed by atoms with Gasteiger partial charge in [0.15, 0.2) is 17.3 Å². The normalized spacial score (nSPS) is 26.3. The topological polar surface area (TPSA) is 35.5 Å². The summed E-state index contributed by atoms with van der Waals surface area (Å²) in [4.78, 5) is 11.4. The van der Waals surface area contributed by atoms with Crippen LogP contribution in [0.4, 0.5) is 0 Å². The molecule has 0 radical (unpaired) electrons. The Bertz CT molecular complexity index is 306. The van der Waals surface area contributed by atoms with Crippen molar-refractivity contribution in [2.45, 2.75) is 17.7 Å². The lowest BCUT2D eigenvalue weighted by molar-refractivity contribution is -0.118. The monoisotopic (exact) mass is 260 g/mol. The van der Waals surface area contributed by atoms with Crippen LogP contribution in [0.1, 0.15) is 13.3 Å². The molecule has 0 bridgehead atoms. The lowest BCUT2D eigenvalue weighted by Gasteiger charge is -2.25.